The van der Waals surface area contributed by atoms with Gasteiger partial charge in [0.25, 0.3) is 0 Å². The molecule has 6 nitrogen and oxygen atoms in total. The second-order valence-electron chi connectivity index (χ2n) is 7.25. The van der Waals surface area contributed by atoms with E-state index in [1.165, 1.54) is 12.1 Å². The average Bonchev–Trinajstić information content (AvgIpc) is 3.14. The largest absolute Gasteiger partial charge is 0.378 e. The van der Waals surface area contributed by atoms with Crippen LogP contribution in [-0.2, 0) is 4.74 Å². The van der Waals surface area contributed by atoms with Gasteiger partial charge in [-0.05, 0) is 37.0 Å². The molecule has 136 valence electrons. The van der Waals surface area contributed by atoms with Crippen LogP contribution < -0.4 is 20.9 Å². The Morgan fingerprint density at radius 3 is 3.00 bits per heavy atom. The van der Waals surface area contributed by atoms with E-state index in [0.717, 1.165) is 51.1 Å². The summed E-state index contributed by atoms with van der Waals surface area (Å²) in [4.78, 5) is 14.6. The van der Waals surface area contributed by atoms with Gasteiger partial charge >= 0.3 is 6.03 Å². The number of carbonyl (C=O) groups is 1. The predicted octanol–water partition coefficient (Wildman–Crippen LogP) is 1.93. The molecule has 4 rings (SSSR count). The highest BCUT2D eigenvalue weighted by Gasteiger charge is 2.47. The Hall–Kier alpha value is -1.86. The van der Waals surface area contributed by atoms with Crippen LogP contribution in [0.5, 0.6) is 0 Å². The lowest BCUT2D eigenvalue weighted by Crippen LogP contribution is -2.53. The lowest BCUT2D eigenvalue weighted by Gasteiger charge is -2.30. The summed E-state index contributed by atoms with van der Waals surface area (Å²) in [6.45, 7) is 4.50. The van der Waals surface area contributed by atoms with Crippen molar-refractivity contribution in [1.82, 2.24) is 10.6 Å². The Morgan fingerprint density at radius 2 is 2.16 bits per heavy atom. The molecule has 25 heavy (non-hydrogen) atoms. The van der Waals surface area contributed by atoms with Crippen molar-refractivity contribution in [3.05, 3.63) is 24.0 Å². The number of nitrogens with zero attached hydrogens (tertiary/aromatic N) is 1. The van der Waals surface area contributed by atoms with Gasteiger partial charge in [-0.1, -0.05) is 6.42 Å². The molecular weight excluding hydrogens is 323 g/mol. The predicted molar refractivity (Wildman–Crippen MR) is 94.5 cm³/mol. The van der Waals surface area contributed by atoms with E-state index in [1.54, 1.807) is 0 Å². The third kappa shape index (κ3) is 3.43. The van der Waals surface area contributed by atoms with E-state index in [-0.39, 0.29) is 17.4 Å². The lowest BCUT2D eigenvalue weighted by molar-refractivity contribution is 0.122. The molecule has 7 heteroatoms. The second-order valence-corrected chi connectivity index (χ2v) is 7.25. The number of hydrogen-bond donors (Lipinski definition) is 3. The molecule has 0 unspecified atom stereocenters. The number of fused-ring (bicyclic) bond motifs is 1. The van der Waals surface area contributed by atoms with Gasteiger partial charge in [-0.2, -0.15) is 0 Å². The number of hydrogen-bond acceptors (Lipinski definition) is 4. The standard InChI is InChI=1S/C18H25FN4O2/c19-14-8-15(10-16(9-14)23-4-6-25-7-5-23)21-17(24)22-18-3-1-2-13(18)11-20-12-18/h8-10,13,20H,1-7,11-12H2,(H2,21,22,24)/t13-,18-/m0/s1. The van der Waals surface area contributed by atoms with E-state index in [4.69, 9.17) is 4.74 Å². The average molecular weight is 348 g/mol. The maximum Gasteiger partial charge on any atom is 0.319 e. The van der Waals surface area contributed by atoms with Crippen LogP contribution >= 0.6 is 0 Å². The zero-order valence-electron chi connectivity index (χ0n) is 14.3. The molecule has 3 N–H and O–H groups in total. The van der Waals surface area contributed by atoms with E-state index < -0.39 is 0 Å². The van der Waals surface area contributed by atoms with Crippen LogP contribution in [0.15, 0.2) is 18.2 Å². The molecular formula is C18H25FN4O2. The molecule has 2 heterocycles. The molecule has 3 fully saturated rings. The van der Waals surface area contributed by atoms with Gasteiger partial charge in [0.05, 0.1) is 18.8 Å². The fraction of sp³-hybridized carbons (Fsp3) is 0.611. The minimum Gasteiger partial charge on any atom is -0.378 e. The van der Waals surface area contributed by atoms with Crippen molar-refractivity contribution < 1.29 is 13.9 Å². The molecule has 2 saturated heterocycles. The third-order valence-corrected chi connectivity index (χ3v) is 5.67. The van der Waals surface area contributed by atoms with E-state index >= 15 is 0 Å². The molecule has 1 aromatic rings. The van der Waals surface area contributed by atoms with Crippen LogP contribution in [0.25, 0.3) is 0 Å². The Morgan fingerprint density at radius 1 is 1.32 bits per heavy atom. The molecule has 2 amide bonds. The molecule has 0 bridgehead atoms. The summed E-state index contributed by atoms with van der Waals surface area (Å²) in [5, 5.41) is 9.35. The van der Waals surface area contributed by atoms with Crippen LogP contribution in [0.4, 0.5) is 20.6 Å². The number of halogens is 1. The van der Waals surface area contributed by atoms with E-state index in [2.05, 4.69) is 20.9 Å². The molecule has 0 spiro atoms. The molecule has 1 aromatic carbocycles. The number of rotatable bonds is 3. The summed E-state index contributed by atoms with van der Waals surface area (Å²) >= 11 is 0. The summed E-state index contributed by atoms with van der Waals surface area (Å²) in [5.74, 6) is 0.147. The van der Waals surface area contributed by atoms with Crippen molar-refractivity contribution in [2.24, 2.45) is 5.92 Å². The van der Waals surface area contributed by atoms with Gasteiger partial charge in [0, 0.05) is 37.6 Å². The fourth-order valence-electron chi connectivity index (χ4n) is 4.39. The topological polar surface area (TPSA) is 65.6 Å². The summed E-state index contributed by atoms with van der Waals surface area (Å²) in [6, 6.07) is 4.43. The Kier molecular flexibility index (Phi) is 4.52. The SMILES string of the molecule is O=C(Nc1cc(F)cc(N2CCOCC2)c1)N[C@]12CCC[C@H]1CNC2. The van der Waals surface area contributed by atoms with Crippen LogP contribution in [0.2, 0.25) is 0 Å². The summed E-state index contributed by atoms with van der Waals surface area (Å²) in [5.41, 5.74) is 1.11. The molecule has 1 aliphatic carbocycles. The fourth-order valence-corrected chi connectivity index (χ4v) is 4.39. The number of benzene rings is 1. The van der Waals surface area contributed by atoms with Crippen molar-refractivity contribution in [1.29, 1.82) is 0 Å². The van der Waals surface area contributed by atoms with Gasteiger partial charge in [0.15, 0.2) is 0 Å². The first-order valence-corrected chi connectivity index (χ1v) is 9.08. The van der Waals surface area contributed by atoms with Crippen molar-refractivity contribution >= 4 is 17.4 Å². The monoisotopic (exact) mass is 348 g/mol. The van der Waals surface area contributed by atoms with Crippen LogP contribution in [0.1, 0.15) is 19.3 Å². The van der Waals surface area contributed by atoms with E-state index in [0.29, 0.717) is 24.8 Å². The minimum absolute atomic E-state index is 0.148. The van der Waals surface area contributed by atoms with Crippen molar-refractivity contribution in [3.8, 4) is 0 Å². The highest BCUT2D eigenvalue weighted by Crippen LogP contribution is 2.38. The highest BCUT2D eigenvalue weighted by molar-refractivity contribution is 5.90. The first kappa shape index (κ1) is 16.6. The highest BCUT2D eigenvalue weighted by atomic mass is 19.1. The third-order valence-electron chi connectivity index (χ3n) is 5.67. The summed E-state index contributed by atoms with van der Waals surface area (Å²) < 4.78 is 19.4. The normalized spacial score (nSPS) is 28.7. The van der Waals surface area contributed by atoms with Crippen LogP contribution in [0, 0.1) is 11.7 Å². The van der Waals surface area contributed by atoms with Crippen LogP contribution in [-0.4, -0.2) is 51.0 Å². The number of anilines is 2. The second kappa shape index (κ2) is 6.80. The van der Waals surface area contributed by atoms with Crippen molar-refractivity contribution in [3.63, 3.8) is 0 Å². The number of urea groups is 1. The minimum atomic E-state index is -0.348. The maximum atomic E-state index is 14.0. The van der Waals surface area contributed by atoms with Gasteiger partial charge in [-0.15, -0.1) is 0 Å². The molecule has 0 aromatic heterocycles. The van der Waals surface area contributed by atoms with Crippen molar-refractivity contribution in [2.45, 2.75) is 24.8 Å². The number of ether oxygens (including phenoxy) is 1. The lowest BCUT2D eigenvalue weighted by atomic mass is 9.91. The number of morpholine rings is 1. The van der Waals surface area contributed by atoms with Crippen molar-refractivity contribution in [2.75, 3.05) is 49.6 Å². The zero-order valence-corrected chi connectivity index (χ0v) is 14.3. The molecule has 2 atom stereocenters. The van der Waals surface area contributed by atoms with E-state index in [1.807, 2.05) is 6.07 Å². The zero-order chi connectivity index (χ0) is 17.3. The van der Waals surface area contributed by atoms with E-state index in [9.17, 15) is 9.18 Å². The van der Waals surface area contributed by atoms with Gasteiger partial charge in [0.1, 0.15) is 5.82 Å². The maximum absolute atomic E-state index is 14.0. The Bertz CT molecular complexity index is 638. The summed E-state index contributed by atoms with van der Waals surface area (Å²) in [7, 11) is 0. The number of nitrogens with one attached hydrogen (secondary N) is 3. The van der Waals surface area contributed by atoms with Gasteiger partial charge in [-0.25, -0.2) is 9.18 Å². The Balaban J connectivity index is 1.45. The Labute approximate surface area is 147 Å². The summed E-state index contributed by atoms with van der Waals surface area (Å²) in [6.07, 6.45) is 3.29. The first-order chi connectivity index (χ1) is 12.1. The smallest absolute Gasteiger partial charge is 0.319 e. The van der Waals surface area contributed by atoms with Crippen LogP contribution in [0.3, 0.4) is 0 Å². The first-order valence-electron chi connectivity index (χ1n) is 9.08. The number of amides is 2. The molecule has 1 saturated carbocycles. The number of carbonyl (C=O) groups excluding carboxylic acids is 1. The van der Waals surface area contributed by atoms with Gasteiger partial charge < -0.3 is 25.6 Å². The van der Waals surface area contributed by atoms with Gasteiger partial charge in [-0.3, -0.25) is 0 Å². The quantitative estimate of drug-likeness (QED) is 0.781. The molecule has 3 aliphatic rings. The van der Waals surface area contributed by atoms with Gasteiger partial charge in [0.2, 0.25) is 0 Å². The molecule has 0 radical (unpaired) electrons. The molecule has 2 aliphatic heterocycles.